The highest BCUT2D eigenvalue weighted by atomic mass is 16.2. The largest absolute Gasteiger partial charge is 0.355 e. The minimum Gasteiger partial charge on any atom is -0.355 e. The topological polar surface area (TPSA) is 41.1 Å². The van der Waals surface area contributed by atoms with Crippen molar-refractivity contribution in [2.75, 3.05) is 6.54 Å². The van der Waals surface area contributed by atoms with E-state index in [1.54, 1.807) is 0 Å². The van der Waals surface area contributed by atoms with Crippen molar-refractivity contribution < 1.29 is 4.79 Å². The van der Waals surface area contributed by atoms with Gasteiger partial charge in [-0.2, -0.15) is 0 Å². The fourth-order valence-corrected chi connectivity index (χ4v) is 3.20. The van der Waals surface area contributed by atoms with Crippen molar-refractivity contribution in [3.8, 4) is 0 Å². The zero-order chi connectivity index (χ0) is 15.1. The molecular weight excluding hydrogens is 248 g/mol. The van der Waals surface area contributed by atoms with Gasteiger partial charge < -0.3 is 10.6 Å². The summed E-state index contributed by atoms with van der Waals surface area (Å²) in [4.78, 5) is 12.1. The van der Waals surface area contributed by atoms with Gasteiger partial charge in [-0.1, -0.05) is 40.5 Å². The summed E-state index contributed by atoms with van der Waals surface area (Å²) in [6.07, 6.45) is 6.21. The quantitative estimate of drug-likeness (QED) is 0.752. The van der Waals surface area contributed by atoms with Crippen LogP contribution in [-0.2, 0) is 4.79 Å². The fourth-order valence-electron chi connectivity index (χ4n) is 3.20. The second-order valence-corrected chi connectivity index (χ2v) is 7.16. The van der Waals surface area contributed by atoms with E-state index >= 15 is 0 Å². The highest BCUT2D eigenvalue weighted by Crippen LogP contribution is 2.30. The molecule has 118 valence electrons. The molecule has 3 nitrogen and oxygen atoms in total. The van der Waals surface area contributed by atoms with Crippen LogP contribution in [0.3, 0.4) is 0 Å². The van der Waals surface area contributed by atoms with Gasteiger partial charge in [0.05, 0.1) is 6.04 Å². The first-order valence-electron chi connectivity index (χ1n) is 8.45. The number of hydrogen-bond donors (Lipinski definition) is 2. The van der Waals surface area contributed by atoms with Crippen LogP contribution in [0.4, 0.5) is 0 Å². The van der Waals surface area contributed by atoms with E-state index in [4.69, 9.17) is 0 Å². The van der Waals surface area contributed by atoms with E-state index in [1.165, 1.54) is 25.7 Å². The van der Waals surface area contributed by atoms with Crippen LogP contribution in [0.2, 0.25) is 0 Å². The number of amides is 1. The summed E-state index contributed by atoms with van der Waals surface area (Å²) < 4.78 is 0. The molecular formula is C17H34N2O. The first kappa shape index (κ1) is 17.5. The monoisotopic (exact) mass is 282 g/mol. The smallest absolute Gasteiger partial charge is 0.236 e. The molecule has 3 heteroatoms. The van der Waals surface area contributed by atoms with Crippen molar-refractivity contribution in [1.82, 2.24) is 10.6 Å². The number of carbonyl (C=O) groups is 1. The Hall–Kier alpha value is -0.570. The molecule has 2 N–H and O–H groups in total. The summed E-state index contributed by atoms with van der Waals surface area (Å²) in [6.45, 7) is 11.8. The number of hydrogen-bond acceptors (Lipinski definition) is 2. The minimum absolute atomic E-state index is 0.0773. The summed E-state index contributed by atoms with van der Waals surface area (Å²) in [5.41, 5.74) is 0. The van der Waals surface area contributed by atoms with Crippen LogP contribution in [-0.4, -0.2) is 24.5 Å². The van der Waals surface area contributed by atoms with E-state index in [9.17, 15) is 4.79 Å². The van der Waals surface area contributed by atoms with Crippen molar-refractivity contribution in [1.29, 1.82) is 0 Å². The van der Waals surface area contributed by atoms with E-state index in [0.717, 1.165) is 18.9 Å². The standard InChI is InChI=1S/C17H34N2O/c1-12(2)10-11-18-17(20)14(5)19-16-9-7-6-8-15(16)13(3)4/h12-16,19H,6-11H2,1-5H3,(H,18,20). The molecule has 0 aromatic heterocycles. The van der Waals surface area contributed by atoms with Crippen LogP contribution in [0.15, 0.2) is 0 Å². The highest BCUT2D eigenvalue weighted by Gasteiger charge is 2.29. The van der Waals surface area contributed by atoms with Crippen molar-refractivity contribution >= 4 is 5.91 Å². The van der Waals surface area contributed by atoms with Crippen molar-refractivity contribution in [3.05, 3.63) is 0 Å². The van der Waals surface area contributed by atoms with E-state index in [1.807, 2.05) is 6.92 Å². The lowest BCUT2D eigenvalue weighted by molar-refractivity contribution is -0.123. The van der Waals surface area contributed by atoms with Gasteiger partial charge in [0.2, 0.25) is 5.91 Å². The van der Waals surface area contributed by atoms with E-state index in [0.29, 0.717) is 17.9 Å². The fraction of sp³-hybridized carbons (Fsp3) is 0.941. The SMILES string of the molecule is CC(C)CCNC(=O)C(C)NC1CCCCC1C(C)C. The first-order chi connectivity index (χ1) is 9.41. The maximum absolute atomic E-state index is 12.1. The molecule has 0 aromatic carbocycles. The van der Waals surface area contributed by atoms with Gasteiger partial charge in [0.25, 0.3) is 0 Å². The first-order valence-corrected chi connectivity index (χ1v) is 8.45. The third-order valence-corrected chi connectivity index (χ3v) is 4.55. The predicted octanol–water partition coefficient (Wildman–Crippen LogP) is 3.34. The van der Waals surface area contributed by atoms with Gasteiger partial charge in [0.15, 0.2) is 0 Å². The Morgan fingerprint density at radius 1 is 1.10 bits per heavy atom. The molecule has 0 saturated heterocycles. The second-order valence-electron chi connectivity index (χ2n) is 7.16. The lowest BCUT2D eigenvalue weighted by atomic mass is 9.77. The van der Waals surface area contributed by atoms with Gasteiger partial charge in [0, 0.05) is 12.6 Å². The summed E-state index contributed by atoms with van der Waals surface area (Å²) in [5.74, 6) is 2.21. The molecule has 1 aliphatic rings. The molecule has 20 heavy (non-hydrogen) atoms. The third-order valence-electron chi connectivity index (χ3n) is 4.55. The van der Waals surface area contributed by atoms with Crippen LogP contribution in [0.25, 0.3) is 0 Å². The molecule has 3 atom stereocenters. The summed E-state index contributed by atoms with van der Waals surface area (Å²) >= 11 is 0. The van der Waals surface area contributed by atoms with Gasteiger partial charge in [-0.25, -0.2) is 0 Å². The molecule has 0 bridgehead atoms. The van der Waals surface area contributed by atoms with Crippen LogP contribution < -0.4 is 10.6 Å². The summed E-state index contributed by atoms with van der Waals surface area (Å²) in [5, 5.41) is 6.62. The van der Waals surface area contributed by atoms with Crippen LogP contribution in [0, 0.1) is 17.8 Å². The zero-order valence-corrected chi connectivity index (χ0v) is 14.0. The molecule has 1 fully saturated rings. The highest BCUT2D eigenvalue weighted by molar-refractivity contribution is 5.81. The van der Waals surface area contributed by atoms with Crippen LogP contribution in [0.5, 0.6) is 0 Å². The molecule has 0 aromatic rings. The Morgan fingerprint density at radius 3 is 2.35 bits per heavy atom. The molecule has 0 radical (unpaired) electrons. The predicted molar refractivity (Wildman–Crippen MR) is 85.6 cm³/mol. The van der Waals surface area contributed by atoms with E-state index in [-0.39, 0.29) is 11.9 Å². The molecule has 3 unspecified atom stereocenters. The maximum atomic E-state index is 12.1. The molecule has 0 aliphatic heterocycles. The van der Waals surface area contributed by atoms with Gasteiger partial charge in [-0.15, -0.1) is 0 Å². The Labute approximate surface area is 125 Å². The zero-order valence-electron chi connectivity index (χ0n) is 14.0. The minimum atomic E-state index is -0.0773. The molecule has 0 heterocycles. The molecule has 1 aliphatic carbocycles. The van der Waals surface area contributed by atoms with Gasteiger partial charge in [-0.05, 0) is 43.9 Å². The lowest BCUT2D eigenvalue weighted by Gasteiger charge is -2.36. The summed E-state index contributed by atoms with van der Waals surface area (Å²) in [7, 11) is 0. The second kappa shape index (κ2) is 8.66. The number of carbonyl (C=O) groups excluding carboxylic acids is 1. The van der Waals surface area contributed by atoms with Crippen molar-refractivity contribution in [2.45, 2.75) is 78.8 Å². The van der Waals surface area contributed by atoms with E-state index in [2.05, 4.69) is 38.3 Å². The van der Waals surface area contributed by atoms with Crippen LogP contribution in [0.1, 0.15) is 66.7 Å². The van der Waals surface area contributed by atoms with Gasteiger partial charge in [0.1, 0.15) is 0 Å². The number of rotatable bonds is 7. The normalized spacial score (nSPS) is 24.9. The Balaban J connectivity index is 2.38. The third kappa shape index (κ3) is 5.82. The number of nitrogens with one attached hydrogen (secondary N) is 2. The lowest BCUT2D eigenvalue weighted by Crippen LogP contribution is -2.51. The molecule has 1 amide bonds. The van der Waals surface area contributed by atoms with Gasteiger partial charge >= 0.3 is 0 Å². The summed E-state index contributed by atoms with van der Waals surface area (Å²) in [6, 6.07) is 0.432. The van der Waals surface area contributed by atoms with E-state index < -0.39 is 0 Å². The Morgan fingerprint density at radius 2 is 1.75 bits per heavy atom. The molecule has 0 spiro atoms. The van der Waals surface area contributed by atoms with Crippen molar-refractivity contribution in [3.63, 3.8) is 0 Å². The van der Waals surface area contributed by atoms with Crippen LogP contribution >= 0.6 is 0 Å². The van der Waals surface area contributed by atoms with Crippen molar-refractivity contribution in [2.24, 2.45) is 17.8 Å². The average molecular weight is 282 g/mol. The molecule has 1 saturated carbocycles. The average Bonchev–Trinajstić information content (AvgIpc) is 2.38. The Bertz CT molecular complexity index is 289. The maximum Gasteiger partial charge on any atom is 0.236 e. The van der Waals surface area contributed by atoms with Gasteiger partial charge in [-0.3, -0.25) is 4.79 Å². The Kier molecular flexibility index (Phi) is 7.57. The molecule has 1 rings (SSSR count).